The van der Waals surface area contributed by atoms with Crippen LogP contribution >= 0.6 is 0 Å². The maximum Gasteiger partial charge on any atom is 0.0206 e. The van der Waals surface area contributed by atoms with Crippen LogP contribution in [0.15, 0.2) is 225 Å². The van der Waals surface area contributed by atoms with Gasteiger partial charge in [-0.2, -0.15) is 0 Å². The van der Waals surface area contributed by atoms with Crippen molar-refractivity contribution in [1.82, 2.24) is 0 Å². The van der Waals surface area contributed by atoms with E-state index in [0.717, 1.165) is 0 Å². The van der Waals surface area contributed by atoms with Crippen LogP contribution in [0.1, 0.15) is 54.2 Å². The zero-order valence-corrected chi connectivity index (χ0v) is 38.7. The molecule has 322 valence electrons. The molecule has 0 aliphatic heterocycles. The summed E-state index contributed by atoms with van der Waals surface area (Å²) >= 11 is 0. The number of benzene rings is 8. The van der Waals surface area contributed by atoms with Gasteiger partial charge in [0, 0.05) is 23.7 Å². The molecular weight excluding hydrogens is 817 g/mol. The highest BCUT2D eigenvalue weighted by Crippen LogP contribution is 2.63. The Morgan fingerprint density at radius 2 is 0.706 bits per heavy atom. The number of allylic oxidation sites excluding steroid dienone is 16. The second-order valence-electron chi connectivity index (χ2n) is 20.6. The second kappa shape index (κ2) is 14.9. The lowest BCUT2D eigenvalue weighted by atomic mass is 9.71. The summed E-state index contributed by atoms with van der Waals surface area (Å²) in [6, 6.07) is 59.5. The molecule has 0 nitrogen and oxygen atoms in total. The third kappa shape index (κ3) is 5.67. The van der Waals surface area contributed by atoms with Crippen molar-refractivity contribution in [3.8, 4) is 44.5 Å². The van der Waals surface area contributed by atoms with Crippen molar-refractivity contribution in [3.63, 3.8) is 0 Å². The van der Waals surface area contributed by atoms with Gasteiger partial charge in [-0.15, -0.1) is 0 Å². The molecule has 0 radical (unpaired) electrons. The normalized spacial score (nSPS) is 20.2. The van der Waals surface area contributed by atoms with Crippen LogP contribution in [0.4, 0.5) is 0 Å². The average Bonchev–Trinajstić information content (AvgIpc) is 3.89. The molecule has 8 aromatic carbocycles. The molecule has 0 saturated heterocycles. The molecule has 6 aliphatic carbocycles. The Morgan fingerprint density at radius 1 is 0.309 bits per heavy atom. The van der Waals surface area contributed by atoms with Crippen LogP contribution in [0.2, 0.25) is 0 Å². The van der Waals surface area contributed by atoms with Gasteiger partial charge in [0.05, 0.1) is 0 Å². The lowest BCUT2D eigenvalue weighted by molar-refractivity contribution is 0.591. The molecule has 14 rings (SSSR count). The van der Waals surface area contributed by atoms with Gasteiger partial charge in [0.2, 0.25) is 0 Å². The van der Waals surface area contributed by atoms with Crippen LogP contribution in [-0.4, -0.2) is 0 Å². The summed E-state index contributed by atoms with van der Waals surface area (Å²) < 4.78 is 0. The van der Waals surface area contributed by atoms with Crippen molar-refractivity contribution in [2.24, 2.45) is 23.7 Å². The molecule has 0 bridgehead atoms. The number of hydrogen-bond donors (Lipinski definition) is 0. The lowest BCUT2D eigenvalue weighted by Crippen LogP contribution is -2.18. The van der Waals surface area contributed by atoms with E-state index in [-0.39, 0.29) is 17.3 Å². The average molecular weight is 867 g/mol. The fourth-order valence-electron chi connectivity index (χ4n) is 13.0. The van der Waals surface area contributed by atoms with Crippen LogP contribution in [0.3, 0.4) is 0 Å². The monoisotopic (exact) mass is 866 g/mol. The Kier molecular flexibility index (Phi) is 8.60. The first kappa shape index (κ1) is 39.4. The lowest BCUT2D eigenvalue weighted by Gasteiger charge is -2.32. The quantitative estimate of drug-likeness (QED) is 0.162. The summed E-state index contributed by atoms with van der Waals surface area (Å²) in [5.74, 6) is 1.00. The molecule has 0 heterocycles. The fraction of sp³-hybridized carbons (Fsp3) is 0.118. The van der Waals surface area contributed by atoms with Crippen LogP contribution in [0, 0.1) is 23.7 Å². The third-order valence-corrected chi connectivity index (χ3v) is 15.9. The van der Waals surface area contributed by atoms with E-state index >= 15 is 0 Å². The number of fused-ring (bicyclic) bond motifs is 8. The Balaban J connectivity index is 1.04. The minimum Gasteiger partial charge on any atom is -0.0767 e. The minimum absolute atomic E-state index is 0.00301. The van der Waals surface area contributed by atoms with E-state index in [0.29, 0.717) is 11.8 Å². The summed E-state index contributed by atoms with van der Waals surface area (Å²) in [5, 5.41) is 5.25. The molecule has 68 heavy (non-hydrogen) atoms. The van der Waals surface area contributed by atoms with Gasteiger partial charge in [-0.25, -0.2) is 0 Å². The van der Waals surface area contributed by atoms with Crippen LogP contribution in [0.5, 0.6) is 0 Å². The van der Waals surface area contributed by atoms with Gasteiger partial charge in [-0.3, -0.25) is 0 Å². The Labute approximate surface area is 399 Å². The largest absolute Gasteiger partial charge is 0.0767 e. The highest BCUT2D eigenvalue weighted by atomic mass is 14.5. The van der Waals surface area contributed by atoms with Crippen LogP contribution in [0.25, 0.3) is 93.9 Å². The molecule has 0 saturated carbocycles. The van der Waals surface area contributed by atoms with E-state index < -0.39 is 0 Å². The Hall–Kier alpha value is -7.80. The summed E-state index contributed by atoms with van der Waals surface area (Å²) in [6.45, 7) is 7.00. The Bertz CT molecular complexity index is 3720. The molecule has 0 spiro atoms. The molecular formula is C68H50. The van der Waals surface area contributed by atoms with E-state index in [2.05, 4.69) is 245 Å². The first-order valence-corrected chi connectivity index (χ1v) is 24.5. The van der Waals surface area contributed by atoms with Crippen molar-refractivity contribution < 1.29 is 0 Å². The molecule has 0 N–H and O–H groups in total. The van der Waals surface area contributed by atoms with Gasteiger partial charge in [-0.1, -0.05) is 233 Å². The summed E-state index contributed by atoms with van der Waals surface area (Å²) in [7, 11) is 0. The number of hydrogen-bond acceptors (Lipinski definition) is 0. The highest BCUT2D eigenvalue weighted by molar-refractivity contribution is 6.21. The maximum absolute atomic E-state index is 2.56. The standard InChI is InChI=1S/C68H50/c1-68(2,3)47-34-36-51-57(40-47)62(45-25-14-7-15-26-45)67-55-38-37-48(49-29-18-32-54(63(49)55)66(67)60(51)43-21-10-5-11-22-43)46-33-35-50-56(39-46)61(44-23-12-6-13-24-44)65-53-31-17-28-41-27-16-30-52(58(41)53)64(65)59(50)42-19-8-4-9-20-42/h4-41,49,58,63H,1-3H3. The van der Waals surface area contributed by atoms with Gasteiger partial charge in [0.1, 0.15) is 0 Å². The molecule has 6 aliphatic rings. The van der Waals surface area contributed by atoms with E-state index in [4.69, 9.17) is 0 Å². The summed E-state index contributed by atoms with van der Waals surface area (Å²) in [5.41, 5.74) is 25.8. The Morgan fingerprint density at radius 3 is 1.19 bits per heavy atom. The summed E-state index contributed by atoms with van der Waals surface area (Å²) in [4.78, 5) is 0. The van der Waals surface area contributed by atoms with E-state index in [1.54, 1.807) is 0 Å². The number of rotatable bonds is 5. The predicted molar refractivity (Wildman–Crippen MR) is 290 cm³/mol. The van der Waals surface area contributed by atoms with Crippen molar-refractivity contribution >= 4 is 49.4 Å². The smallest absolute Gasteiger partial charge is 0.0206 e. The van der Waals surface area contributed by atoms with E-state index in [9.17, 15) is 0 Å². The molecule has 0 fully saturated rings. The zero-order chi connectivity index (χ0) is 45.3. The van der Waals surface area contributed by atoms with Crippen LogP contribution in [-0.2, 0) is 5.41 Å². The molecule has 0 amide bonds. The van der Waals surface area contributed by atoms with Crippen molar-refractivity contribution in [1.29, 1.82) is 0 Å². The van der Waals surface area contributed by atoms with Gasteiger partial charge in [-0.05, 0) is 145 Å². The molecule has 4 unspecified atom stereocenters. The van der Waals surface area contributed by atoms with Crippen molar-refractivity contribution in [2.45, 2.75) is 26.2 Å². The van der Waals surface area contributed by atoms with Gasteiger partial charge < -0.3 is 0 Å². The second-order valence-corrected chi connectivity index (χ2v) is 20.6. The molecule has 0 aromatic heterocycles. The summed E-state index contributed by atoms with van der Waals surface area (Å²) in [6.07, 6.45) is 26.4. The first-order chi connectivity index (χ1) is 33.4. The van der Waals surface area contributed by atoms with Gasteiger partial charge in [0.15, 0.2) is 0 Å². The van der Waals surface area contributed by atoms with Crippen LogP contribution < -0.4 is 0 Å². The van der Waals surface area contributed by atoms with Crippen molar-refractivity contribution in [2.75, 3.05) is 0 Å². The highest BCUT2D eigenvalue weighted by Gasteiger charge is 2.45. The SMILES string of the molecule is CC(C)(C)c1ccc2c(-c3ccccc3)c3c(c(-c4ccccc4)c2c1)C1=CC=C(c2ccc4c(-c5ccccc5)c5c(c(-c6ccccc6)c4c2)C2=CC=CC4C=CC=C5C24)C2C=CC=C3C12. The van der Waals surface area contributed by atoms with Gasteiger partial charge >= 0.3 is 0 Å². The maximum atomic E-state index is 2.56. The van der Waals surface area contributed by atoms with Gasteiger partial charge in [0.25, 0.3) is 0 Å². The minimum atomic E-state index is 0.00301. The zero-order valence-electron chi connectivity index (χ0n) is 38.7. The van der Waals surface area contributed by atoms with Crippen molar-refractivity contribution in [3.05, 3.63) is 258 Å². The topological polar surface area (TPSA) is 0 Å². The molecule has 0 heteroatoms. The predicted octanol–water partition coefficient (Wildman–Crippen LogP) is 17.8. The molecule has 8 aromatic rings. The van der Waals surface area contributed by atoms with E-state index in [1.165, 1.54) is 127 Å². The third-order valence-electron chi connectivity index (χ3n) is 15.9. The van der Waals surface area contributed by atoms with E-state index in [1.807, 2.05) is 0 Å². The molecule has 4 atom stereocenters. The fourth-order valence-corrected chi connectivity index (χ4v) is 13.0. The first-order valence-electron chi connectivity index (χ1n) is 24.5.